The van der Waals surface area contributed by atoms with Crippen molar-refractivity contribution in [2.24, 2.45) is 5.41 Å². The number of benzene rings is 2. The highest BCUT2D eigenvalue weighted by Gasteiger charge is 2.40. The van der Waals surface area contributed by atoms with Gasteiger partial charge in [-0.15, -0.1) is 11.6 Å². The molecule has 1 fully saturated rings. The van der Waals surface area contributed by atoms with Crippen LogP contribution in [0.15, 0.2) is 54.7 Å². The molecule has 1 saturated carbocycles. The van der Waals surface area contributed by atoms with Crippen molar-refractivity contribution in [1.29, 1.82) is 0 Å². The second kappa shape index (κ2) is 10.7. The maximum atomic E-state index is 13.7. The number of H-pyrrole nitrogens is 1. The number of rotatable bonds is 11. The van der Waals surface area contributed by atoms with Crippen molar-refractivity contribution >= 4 is 34.3 Å². The molecule has 0 radical (unpaired) electrons. The quantitative estimate of drug-likeness (QED) is 0.380. The van der Waals surface area contributed by atoms with Crippen LogP contribution in [0.5, 0.6) is 5.75 Å². The van der Waals surface area contributed by atoms with Crippen LogP contribution in [0.3, 0.4) is 0 Å². The van der Waals surface area contributed by atoms with E-state index in [0.717, 1.165) is 40.6 Å². The third kappa shape index (κ3) is 5.81. The first-order valence-corrected chi connectivity index (χ1v) is 12.7. The Morgan fingerprint density at radius 3 is 2.51 bits per heavy atom. The fourth-order valence-corrected chi connectivity index (χ4v) is 4.48. The Labute approximate surface area is 212 Å². The molecular weight excluding hydrogens is 462 g/mol. The summed E-state index contributed by atoms with van der Waals surface area (Å²) >= 11 is 6.09. The molecule has 35 heavy (non-hydrogen) atoms. The maximum absolute atomic E-state index is 13.7. The van der Waals surface area contributed by atoms with Crippen LogP contribution in [0.25, 0.3) is 10.9 Å². The molecule has 2 aromatic carbocycles. The van der Waals surface area contributed by atoms with Crippen molar-refractivity contribution < 1.29 is 14.3 Å². The summed E-state index contributed by atoms with van der Waals surface area (Å²) in [6, 6.07) is 16.0. The molecule has 7 heteroatoms. The van der Waals surface area contributed by atoms with Gasteiger partial charge in [0.05, 0.1) is 12.5 Å². The molecule has 0 unspecified atom stereocenters. The monoisotopic (exact) mass is 495 g/mol. The van der Waals surface area contributed by atoms with Crippen LogP contribution in [0.1, 0.15) is 37.8 Å². The zero-order chi connectivity index (χ0) is 25.0. The van der Waals surface area contributed by atoms with Gasteiger partial charge in [-0.1, -0.05) is 36.4 Å². The summed E-state index contributed by atoms with van der Waals surface area (Å²) < 4.78 is 5.54. The lowest BCUT2D eigenvalue weighted by Gasteiger charge is -2.32. The van der Waals surface area contributed by atoms with Gasteiger partial charge in [-0.2, -0.15) is 0 Å². The first-order chi connectivity index (χ1) is 16.8. The van der Waals surface area contributed by atoms with Crippen LogP contribution in [-0.4, -0.2) is 58.7 Å². The van der Waals surface area contributed by atoms with Crippen LogP contribution < -0.4 is 4.74 Å². The number of hydrogen-bond acceptors (Lipinski definition) is 3. The first-order valence-electron chi connectivity index (χ1n) is 12.2. The van der Waals surface area contributed by atoms with E-state index in [-0.39, 0.29) is 30.3 Å². The number of aromatic nitrogens is 1. The Morgan fingerprint density at radius 1 is 1.09 bits per heavy atom. The van der Waals surface area contributed by atoms with Gasteiger partial charge in [0, 0.05) is 47.7 Å². The summed E-state index contributed by atoms with van der Waals surface area (Å²) in [4.78, 5) is 33.8. The van der Waals surface area contributed by atoms with Crippen LogP contribution >= 0.6 is 11.6 Å². The minimum Gasteiger partial charge on any atom is -0.496 e. The average Bonchev–Trinajstić information content (AvgIpc) is 3.64. The lowest BCUT2D eigenvalue weighted by molar-refractivity contribution is -0.146. The van der Waals surface area contributed by atoms with Crippen molar-refractivity contribution in [3.8, 4) is 5.75 Å². The molecule has 1 aliphatic rings. The first kappa shape index (κ1) is 25.1. The summed E-state index contributed by atoms with van der Waals surface area (Å²) in [5.41, 5.74) is 2.48. The molecule has 0 saturated heterocycles. The molecule has 2 amide bonds. The van der Waals surface area contributed by atoms with E-state index in [1.165, 1.54) is 0 Å². The van der Waals surface area contributed by atoms with Gasteiger partial charge in [0.15, 0.2) is 0 Å². The standard InChI is InChI=1S/C28H34ClN3O3/c1-28(2,19-29)27(34)32(22-12-13-22)18-26(33)31(17-21-8-4-7-11-25(21)35-3)15-14-20-16-30-24-10-6-5-9-23(20)24/h4-11,16,22,30H,12-15,17-19H2,1-3H3. The van der Waals surface area contributed by atoms with Crippen LogP contribution in [-0.2, 0) is 22.6 Å². The molecular formula is C28H34ClN3O3. The zero-order valence-corrected chi connectivity index (χ0v) is 21.5. The molecule has 0 bridgehead atoms. The highest BCUT2D eigenvalue weighted by molar-refractivity contribution is 6.19. The second-order valence-corrected chi connectivity index (χ2v) is 10.2. The third-order valence-corrected chi connectivity index (χ3v) is 7.37. The molecule has 1 heterocycles. The molecule has 3 aromatic rings. The predicted molar refractivity (Wildman–Crippen MR) is 140 cm³/mol. The Kier molecular flexibility index (Phi) is 7.70. The van der Waals surface area contributed by atoms with E-state index in [1.807, 2.05) is 67.4 Å². The molecule has 1 N–H and O–H groups in total. The molecule has 186 valence electrons. The highest BCUT2D eigenvalue weighted by Crippen LogP contribution is 2.32. The molecule has 6 nitrogen and oxygen atoms in total. The van der Waals surface area contributed by atoms with E-state index in [1.54, 1.807) is 12.0 Å². The zero-order valence-electron chi connectivity index (χ0n) is 20.7. The number of halogens is 1. The Bertz CT molecular complexity index is 1180. The van der Waals surface area contributed by atoms with E-state index >= 15 is 0 Å². The van der Waals surface area contributed by atoms with E-state index in [0.29, 0.717) is 19.5 Å². The summed E-state index contributed by atoms with van der Waals surface area (Å²) in [6.45, 7) is 4.69. The van der Waals surface area contributed by atoms with E-state index in [4.69, 9.17) is 16.3 Å². The Hall–Kier alpha value is -2.99. The normalized spacial score (nSPS) is 13.6. The van der Waals surface area contributed by atoms with Gasteiger partial charge >= 0.3 is 0 Å². The number of fused-ring (bicyclic) bond motifs is 1. The molecule has 0 aliphatic heterocycles. The number of alkyl halides is 1. The van der Waals surface area contributed by atoms with Crippen LogP contribution in [0.2, 0.25) is 0 Å². The number of carbonyl (C=O) groups excluding carboxylic acids is 2. The largest absolute Gasteiger partial charge is 0.496 e. The number of aromatic amines is 1. The smallest absolute Gasteiger partial charge is 0.242 e. The van der Waals surface area contributed by atoms with Crippen LogP contribution in [0.4, 0.5) is 0 Å². The number of carbonyl (C=O) groups is 2. The summed E-state index contributed by atoms with van der Waals surface area (Å²) in [5, 5.41) is 1.16. The SMILES string of the molecule is COc1ccccc1CN(CCc1c[nH]c2ccccc12)C(=O)CN(C(=O)C(C)(C)CCl)C1CC1. The number of nitrogens with zero attached hydrogens (tertiary/aromatic N) is 2. The van der Waals surface area contributed by atoms with Gasteiger partial charge in [-0.25, -0.2) is 0 Å². The van der Waals surface area contributed by atoms with E-state index < -0.39 is 5.41 Å². The van der Waals surface area contributed by atoms with Gasteiger partial charge in [0.2, 0.25) is 11.8 Å². The number of hydrogen-bond donors (Lipinski definition) is 1. The average molecular weight is 496 g/mol. The molecule has 0 atom stereocenters. The number of para-hydroxylation sites is 2. The van der Waals surface area contributed by atoms with E-state index in [2.05, 4.69) is 11.1 Å². The van der Waals surface area contributed by atoms with Crippen molar-refractivity contribution in [3.05, 3.63) is 65.9 Å². The van der Waals surface area contributed by atoms with Gasteiger partial charge in [-0.05, 0) is 50.8 Å². The van der Waals surface area contributed by atoms with Crippen molar-refractivity contribution in [1.82, 2.24) is 14.8 Å². The topological polar surface area (TPSA) is 65.6 Å². The summed E-state index contributed by atoms with van der Waals surface area (Å²) in [5.74, 6) is 0.837. The lowest BCUT2D eigenvalue weighted by Crippen LogP contribution is -2.49. The lowest BCUT2D eigenvalue weighted by atomic mass is 9.94. The fourth-order valence-electron chi connectivity index (χ4n) is 4.37. The van der Waals surface area contributed by atoms with Gasteiger partial charge in [0.25, 0.3) is 0 Å². The Morgan fingerprint density at radius 2 is 1.80 bits per heavy atom. The Balaban J connectivity index is 1.56. The number of methoxy groups -OCH3 is 1. The minimum atomic E-state index is -0.706. The molecule has 1 aromatic heterocycles. The van der Waals surface area contributed by atoms with Gasteiger partial charge < -0.3 is 19.5 Å². The summed E-state index contributed by atoms with van der Waals surface area (Å²) in [7, 11) is 1.64. The number of amides is 2. The number of nitrogens with one attached hydrogen (secondary N) is 1. The van der Waals surface area contributed by atoms with Crippen molar-refractivity contribution in [2.45, 2.75) is 45.7 Å². The van der Waals surface area contributed by atoms with Gasteiger partial charge in [0.1, 0.15) is 12.3 Å². The third-order valence-electron chi connectivity index (χ3n) is 6.70. The van der Waals surface area contributed by atoms with Crippen molar-refractivity contribution in [2.75, 3.05) is 26.1 Å². The predicted octanol–water partition coefficient (Wildman–Crippen LogP) is 5.00. The maximum Gasteiger partial charge on any atom is 0.242 e. The minimum absolute atomic E-state index is 0.0581. The fraction of sp³-hybridized carbons (Fsp3) is 0.429. The highest BCUT2D eigenvalue weighted by atomic mass is 35.5. The number of ether oxygens (including phenoxy) is 1. The summed E-state index contributed by atoms with van der Waals surface area (Å²) in [6.07, 6.45) is 4.58. The molecule has 0 spiro atoms. The van der Waals surface area contributed by atoms with E-state index in [9.17, 15) is 9.59 Å². The van der Waals surface area contributed by atoms with Crippen LogP contribution in [0, 0.1) is 5.41 Å². The van der Waals surface area contributed by atoms with Gasteiger partial charge in [-0.3, -0.25) is 9.59 Å². The second-order valence-electron chi connectivity index (χ2n) is 9.92. The molecule has 4 rings (SSSR count). The van der Waals surface area contributed by atoms with Crippen molar-refractivity contribution in [3.63, 3.8) is 0 Å². The molecule has 1 aliphatic carbocycles.